The molecule has 1 heterocycles. The van der Waals surface area contributed by atoms with Crippen LogP contribution in [0.15, 0.2) is 24.3 Å². The van der Waals surface area contributed by atoms with Gasteiger partial charge >= 0.3 is 23.9 Å². The number of rotatable bonds is 20. The van der Waals surface area contributed by atoms with Crippen molar-refractivity contribution in [3.63, 3.8) is 0 Å². The fraction of sp³-hybridized carbons (Fsp3) is 0.767. The number of nitrogens with zero attached hydrogens (tertiary/aromatic N) is 4. The maximum atomic E-state index is 13.1. The van der Waals surface area contributed by atoms with E-state index in [0.29, 0.717) is 105 Å². The van der Waals surface area contributed by atoms with E-state index < -0.39 is 28.8 Å². The Bertz CT molecular complexity index is 1330. The number of aliphatic carboxylic acids is 1. The lowest BCUT2D eigenvalue weighted by Gasteiger charge is -2.36. The summed E-state index contributed by atoms with van der Waals surface area (Å²) in [7, 11) is 0. The van der Waals surface area contributed by atoms with Gasteiger partial charge in [-0.3, -0.25) is 38.8 Å². The van der Waals surface area contributed by atoms with Crippen molar-refractivity contribution in [2.24, 2.45) is 0 Å². The van der Waals surface area contributed by atoms with Gasteiger partial charge in [0.2, 0.25) is 0 Å². The molecule has 332 valence electrons. The Morgan fingerprint density at radius 3 is 1.40 bits per heavy atom. The van der Waals surface area contributed by atoms with Crippen LogP contribution in [0.2, 0.25) is 0 Å². The van der Waals surface area contributed by atoms with E-state index in [0.717, 1.165) is 11.3 Å². The van der Waals surface area contributed by atoms with Crippen molar-refractivity contribution in [3.8, 4) is 5.75 Å². The van der Waals surface area contributed by atoms with Crippen LogP contribution in [-0.4, -0.2) is 176 Å². The smallest absolute Gasteiger partial charge is 0.320 e. The summed E-state index contributed by atoms with van der Waals surface area (Å²) in [5.74, 6) is -1.33. The number of hydrogen-bond donors (Lipinski definition) is 1. The molecule has 0 spiro atoms. The number of carboxylic acids is 1. The van der Waals surface area contributed by atoms with Crippen LogP contribution in [0.5, 0.6) is 5.75 Å². The number of benzene rings is 1. The lowest BCUT2D eigenvalue weighted by atomic mass is 10.0. The molecule has 1 aromatic rings. The normalized spacial score (nSPS) is 16.8. The van der Waals surface area contributed by atoms with E-state index in [1.54, 1.807) is 0 Å². The monoisotopic (exact) mass is 823 g/mol. The zero-order valence-corrected chi connectivity index (χ0v) is 37.1. The van der Waals surface area contributed by atoms with Crippen molar-refractivity contribution < 1.29 is 52.7 Å². The van der Waals surface area contributed by atoms with Crippen molar-refractivity contribution in [1.82, 2.24) is 19.6 Å². The number of carboxylic acid groups (broad SMARTS) is 1. The highest BCUT2D eigenvalue weighted by Crippen LogP contribution is 2.18. The average molecular weight is 823 g/mol. The Labute approximate surface area is 347 Å². The molecule has 58 heavy (non-hydrogen) atoms. The molecule has 0 radical (unpaired) electrons. The van der Waals surface area contributed by atoms with Crippen molar-refractivity contribution in [2.75, 3.05) is 105 Å². The number of esters is 3. The zero-order chi connectivity index (χ0) is 43.4. The summed E-state index contributed by atoms with van der Waals surface area (Å²) >= 11 is 0. The molecule has 0 amide bonds. The summed E-state index contributed by atoms with van der Waals surface area (Å²) in [6.45, 7) is 24.2. The second-order valence-corrected chi connectivity index (χ2v) is 17.7. The van der Waals surface area contributed by atoms with Gasteiger partial charge in [-0.25, -0.2) is 0 Å². The number of ether oxygens (including phenoxy) is 6. The van der Waals surface area contributed by atoms with Crippen LogP contribution >= 0.6 is 0 Å². The van der Waals surface area contributed by atoms with Crippen molar-refractivity contribution >= 4 is 23.9 Å². The second-order valence-electron chi connectivity index (χ2n) is 17.7. The summed E-state index contributed by atoms with van der Waals surface area (Å²) in [4.78, 5) is 59.9. The molecule has 0 saturated carbocycles. The molecule has 1 fully saturated rings. The molecule has 0 unspecified atom stereocenters. The van der Waals surface area contributed by atoms with E-state index in [1.807, 2.05) is 113 Å². The van der Waals surface area contributed by atoms with Gasteiger partial charge in [-0.15, -0.1) is 0 Å². The summed E-state index contributed by atoms with van der Waals surface area (Å²) in [6, 6.07) is 7.00. The molecule has 0 aromatic heterocycles. The van der Waals surface area contributed by atoms with E-state index in [2.05, 4.69) is 0 Å². The first-order valence-corrected chi connectivity index (χ1v) is 20.8. The van der Waals surface area contributed by atoms with Gasteiger partial charge < -0.3 is 33.5 Å². The van der Waals surface area contributed by atoms with Crippen molar-refractivity contribution in [3.05, 3.63) is 29.8 Å². The van der Waals surface area contributed by atoms with Gasteiger partial charge in [-0.05, 0) is 106 Å². The quantitative estimate of drug-likeness (QED) is 0.114. The fourth-order valence-corrected chi connectivity index (χ4v) is 6.30. The standard InChI is InChI=1S/C43H74N4O11/c1-11-53-27-28-54-29-30-55-35-17-15-34(16-18-35)13-12-14-36(40(51)52)47-25-23-45(32-38(49)57-42(5,6)7)21-19-44(31-37(48)56-41(2,3)4)20-22-46(24-26-47)33-39(50)58-43(8,9)10/h15-18,36H,11-14,19-33H2,1-10H3,(H,51,52)/t36-/m0/s1. The highest BCUT2D eigenvalue weighted by molar-refractivity contribution is 5.74. The first-order valence-electron chi connectivity index (χ1n) is 20.8. The molecule has 0 bridgehead atoms. The highest BCUT2D eigenvalue weighted by atomic mass is 16.6. The minimum absolute atomic E-state index is 0.00848. The summed E-state index contributed by atoms with van der Waals surface area (Å²) in [5, 5.41) is 10.6. The molecule has 1 N–H and O–H groups in total. The van der Waals surface area contributed by atoms with Gasteiger partial charge in [0.25, 0.3) is 0 Å². The Balaban J connectivity index is 2.24. The predicted octanol–water partition coefficient (Wildman–Crippen LogP) is 4.14. The molecule has 15 heteroatoms. The van der Waals surface area contributed by atoms with E-state index in [9.17, 15) is 24.3 Å². The molecular weight excluding hydrogens is 748 g/mol. The van der Waals surface area contributed by atoms with Crippen LogP contribution in [0.1, 0.15) is 87.6 Å². The lowest BCUT2D eigenvalue weighted by molar-refractivity contribution is -0.158. The van der Waals surface area contributed by atoms with Gasteiger partial charge in [-0.2, -0.15) is 0 Å². The number of carbonyl (C=O) groups excluding carboxylic acids is 3. The minimum Gasteiger partial charge on any atom is -0.491 e. The fourth-order valence-electron chi connectivity index (χ4n) is 6.30. The summed E-state index contributed by atoms with van der Waals surface area (Å²) in [5.41, 5.74) is -0.924. The molecule has 0 aliphatic carbocycles. The third-order valence-electron chi connectivity index (χ3n) is 8.85. The Hall–Kier alpha value is -3.34. The second kappa shape index (κ2) is 25.3. The maximum Gasteiger partial charge on any atom is 0.320 e. The molecule has 2 rings (SSSR count). The van der Waals surface area contributed by atoms with Crippen LogP contribution in [0, 0.1) is 0 Å². The van der Waals surface area contributed by atoms with Gasteiger partial charge in [0.05, 0.1) is 39.5 Å². The largest absolute Gasteiger partial charge is 0.491 e. The highest BCUT2D eigenvalue weighted by Gasteiger charge is 2.29. The van der Waals surface area contributed by atoms with Gasteiger partial charge in [0.1, 0.15) is 35.2 Å². The number of aryl methyl sites for hydroxylation is 1. The first-order chi connectivity index (χ1) is 27.1. The molecule has 1 saturated heterocycles. The van der Waals surface area contributed by atoms with Crippen LogP contribution in [-0.2, 0) is 49.3 Å². The first kappa shape index (κ1) is 50.8. The van der Waals surface area contributed by atoms with Crippen LogP contribution in [0.3, 0.4) is 0 Å². The summed E-state index contributed by atoms with van der Waals surface area (Å²) < 4.78 is 33.5. The molecule has 1 aliphatic heterocycles. The topological polar surface area (TPSA) is 157 Å². The minimum atomic E-state index is -0.930. The van der Waals surface area contributed by atoms with Crippen molar-refractivity contribution in [2.45, 2.75) is 111 Å². The van der Waals surface area contributed by atoms with Crippen LogP contribution in [0.25, 0.3) is 0 Å². The third-order valence-corrected chi connectivity index (χ3v) is 8.85. The maximum absolute atomic E-state index is 13.1. The Kier molecular flexibility index (Phi) is 22.2. The Morgan fingerprint density at radius 1 is 0.603 bits per heavy atom. The van der Waals surface area contributed by atoms with Gasteiger partial charge in [0, 0.05) is 59.0 Å². The SMILES string of the molecule is CCOCCOCCOc1ccc(CCC[C@@H](C(=O)O)N2CCN(CC(=O)OC(C)(C)C)CCN(CC(=O)OC(C)(C)C)CCN(CC(=O)OC(C)(C)C)CC2)cc1. The van der Waals surface area contributed by atoms with E-state index >= 15 is 0 Å². The number of carbonyl (C=O) groups is 4. The van der Waals surface area contributed by atoms with E-state index in [4.69, 9.17) is 28.4 Å². The predicted molar refractivity (Wildman–Crippen MR) is 222 cm³/mol. The molecule has 1 aromatic carbocycles. The van der Waals surface area contributed by atoms with E-state index in [1.165, 1.54) is 0 Å². The molecular formula is C43H74N4O11. The van der Waals surface area contributed by atoms with Crippen molar-refractivity contribution in [1.29, 1.82) is 0 Å². The van der Waals surface area contributed by atoms with Gasteiger partial charge in [-0.1, -0.05) is 12.1 Å². The average Bonchev–Trinajstić information content (AvgIpc) is 3.08. The molecule has 1 atom stereocenters. The van der Waals surface area contributed by atoms with Crippen LogP contribution in [0.4, 0.5) is 0 Å². The molecule has 15 nitrogen and oxygen atoms in total. The molecule has 1 aliphatic rings. The Morgan fingerprint density at radius 2 is 1.00 bits per heavy atom. The number of hydrogen-bond acceptors (Lipinski definition) is 14. The summed E-state index contributed by atoms with van der Waals surface area (Å²) in [6.07, 6.45) is 1.71. The van der Waals surface area contributed by atoms with E-state index in [-0.39, 0.29) is 37.5 Å². The third kappa shape index (κ3) is 23.9. The van der Waals surface area contributed by atoms with Crippen LogP contribution < -0.4 is 4.74 Å². The van der Waals surface area contributed by atoms with Gasteiger partial charge in [0.15, 0.2) is 0 Å². The zero-order valence-electron chi connectivity index (χ0n) is 37.1. The lowest BCUT2D eigenvalue weighted by Crippen LogP contribution is -2.52.